The van der Waals surface area contributed by atoms with Gasteiger partial charge in [0.05, 0.1) is 10.2 Å². The van der Waals surface area contributed by atoms with E-state index in [9.17, 15) is 22.0 Å². The van der Waals surface area contributed by atoms with Crippen molar-refractivity contribution in [2.24, 2.45) is 5.92 Å². The van der Waals surface area contributed by atoms with Crippen molar-refractivity contribution < 1.29 is 22.0 Å². The van der Waals surface area contributed by atoms with Crippen molar-refractivity contribution in [3.63, 3.8) is 0 Å². The highest BCUT2D eigenvalue weighted by Gasteiger charge is 2.34. The molecule has 4 aromatic rings. The van der Waals surface area contributed by atoms with Crippen LogP contribution in [0.2, 0.25) is 0 Å². The van der Waals surface area contributed by atoms with Gasteiger partial charge in [0, 0.05) is 24.4 Å². The lowest BCUT2D eigenvalue weighted by Crippen LogP contribution is -2.41. The van der Waals surface area contributed by atoms with Crippen molar-refractivity contribution in [3.05, 3.63) is 66.2 Å². The second-order valence-electron chi connectivity index (χ2n) is 7.90. The Morgan fingerprint density at radius 1 is 1.06 bits per heavy atom. The average Bonchev–Trinajstić information content (AvgIpc) is 3.23. The summed E-state index contributed by atoms with van der Waals surface area (Å²) in [7, 11) is -4.19. The number of sulfonamides is 1. The Bertz CT molecular complexity index is 1480. The van der Waals surface area contributed by atoms with E-state index in [1.807, 2.05) is 36.4 Å². The van der Waals surface area contributed by atoms with E-state index in [4.69, 9.17) is 0 Å². The molecule has 1 amide bonds. The summed E-state index contributed by atoms with van der Waals surface area (Å²) in [4.78, 5) is 16.6. The molecule has 3 aromatic carbocycles. The number of halogens is 2. The van der Waals surface area contributed by atoms with Crippen molar-refractivity contribution in [2.75, 3.05) is 18.4 Å². The molecule has 0 aliphatic carbocycles. The highest BCUT2D eigenvalue weighted by Crippen LogP contribution is 2.33. The van der Waals surface area contributed by atoms with Crippen LogP contribution < -0.4 is 5.32 Å². The molecule has 0 spiro atoms. The van der Waals surface area contributed by atoms with Crippen LogP contribution in [0.25, 0.3) is 21.0 Å². The topological polar surface area (TPSA) is 79.4 Å². The number of piperidine rings is 1. The Morgan fingerprint density at radius 3 is 2.61 bits per heavy atom. The molecule has 0 saturated carbocycles. The van der Waals surface area contributed by atoms with Crippen LogP contribution in [0.1, 0.15) is 12.8 Å². The Morgan fingerprint density at radius 2 is 1.82 bits per heavy atom. The van der Waals surface area contributed by atoms with Crippen molar-refractivity contribution in [3.8, 4) is 0 Å². The smallest absolute Gasteiger partial charge is 0.246 e. The monoisotopic (exact) mass is 487 g/mol. The second-order valence-corrected chi connectivity index (χ2v) is 10.8. The quantitative estimate of drug-likeness (QED) is 0.450. The van der Waals surface area contributed by atoms with Gasteiger partial charge in [-0.25, -0.2) is 22.2 Å². The molecule has 6 nitrogen and oxygen atoms in total. The largest absolute Gasteiger partial charge is 0.302 e. The molecule has 1 aliphatic heterocycles. The molecule has 0 unspecified atom stereocenters. The van der Waals surface area contributed by atoms with Gasteiger partial charge in [-0.2, -0.15) is 4.31 Å². The van der Waals surface area contributed by atoms with Crippen LogP contribution in [0, 0.1) is 17.6 Å². The van der Waals surface area contributed by atoms with Crippen LogP contribution >= 0.6 is 11.3 Å². The zero-order valence-electron chi connectivity index (χ0n) is 17.3. The summed E-state index contributed by atoms with van der Waals surface area (Å²) in [5.74, 6) is -2.46. The molecule has 1 fully saturated rings. The normalized spacial score (nSPS) is 15.8. The Hall–Kier alpha value is -2.95. The molecule has 5 rings (SSSR count). The van der Waals surface area contributed by atoms with Gasteiger partial charge in [0.15, 0.2) is 5.13 Å². The first-order valence-electron chi connectivity index (χ1n) is 10.4. The number of aromatic nitrogens is 1. The van der Waals surface area contributed by atoms with E-state index in [1.165, 1.54) is 11.3 Å². The fourth-order valence-electron chi connectivity index (χ4n) is 4.09. The number of hydrogen-bond donors (Lipinski definition) is 1. The van der Waals surface area contributed by atoms with E-state index in [-0.39, 0.29) is 31.8 Å². The number of anilines is 1. The van der Waals surface area contributed by atoms with Gasteiger partial charge < -0.3 is 5.32 Å². The molecule has 33 heavy (non-hydrogen) atoms. The van der Waals surface area contributed by atoms with Gasteiger partial charge in [0.25, 0.3) is 0 Å². The Balaban J connectivity index is 1.28. The summed E-state index contributed by atoms with van der Waals surface area (Å²) in [5.41, 5.74) is 0.798. The number of hydrogen-bond acceptors (Lipinski definition) is 5. The SMILES string of the molecule is O=C(Nc1nc2ccc3ccccc3c2s1)C1CCN(S(=O)(=O)c2cc(F)ccc2F)CC1. The van der Waals surface area contributed by atoms with E-state index in [0.717, 1.165) is 37.4 Å². The zero-order valence-corrected chi connectivity index (χ0v) is 18.9. The summed E-state index contributed by atoms with van der Waals surface area (Å²) >= 11 is 1.40. The van der Waals surface area contributed by atoms with Crippen LogP contribution in [0.4, 0.5) is 13.9 Å². The van der Waals surface area contributed by atoms with Crippen LogP contribution in [0.15, 0.2) is 59.5 Å². The molecular weight excluding hydrogens is 468 g/mol. The molecule has 1 saturated heterocycles. The number of nitrogens with zero attached hydrogens (tertiary/aromatic N) is 2. The van der Waals surface area contributed by atoms with Gasteiger partial charge in [0.2, 0.25) is 15.9 Å². The van der Waals surface area contributed by atoms with E-state index in [0.29, 0.717) is 11.2 Å². The van der Waals surface area contributed by atoms with Gasteiger partial charge >= 0.3 is 0 Å². The van der Waals surface area contributed by atoms with Gasteiger partial charge in [-0.15, -0.1) is 0 Å². The first-order valence-corrected chi connectivity index (χ1v) is 12.6. The maximum Gasteiger partial charge on any atom is 0.246 e. The summed E-state index contributed by atoms with van der Waals surface area (Å²) in [5, 5.41) is 5.51. The standard InChI is InChI=1S/C23H19F2N3O3S2/c24-16-6-7-18(25)20(13-16)33(30,31)28-11-9-15(10-12-28)22(29)27-23-26-19-8-5-14-3-1-2-4-17(14)21(19)32-23/h1-8,13,15H,9-12H2,(H,26,27,29). The van der Waals surface area contributed by atoms with Crippen molar-refractivity contribution in [1.82, 2.24) is 9.29 Å². The number of nitrogens with one attached hydrogen (secondary N) is 1. The number of benzene rings is 3. The van der Waals surface area contributed by atoms with Gasteiger partial charge in [0.1, 0.15) is 16.5 Å². The lowest BCUT2D eigenvalue weighted by Gasteiger charge is -2.30. The number of amides is 1. The third-order valence-electron chi connectivity index (χ3n) is 5.85. The summed E-state index contributed by atoms with van der Waals surface area (Å²) in [6, 6.07) is 14.2. The predicted molar refractivity (Wildman–Crippen MR) is 124 cm³/mol. The van der Waals surface area contributed by atoms with Crippen LogP contribution in [-0.2, 0) is 14.8 Å². The minimum atomic E-state index is -4.19. The van der Waals surface area contributed by atoms with Gasteiger partial charge in [-0.3, -0.25) is 4.79 Å². The van der Waals surface area contributed by atoms with Crippen LogP contribution in [0.3, 0.4) is 0 Å². The third-order valence-corrected chi connectivity index (χ3v) is 8.78. The van der Waals surface area contributed by atoms with Gasteiger partial charge in [-0.1, -0.05) is 41.7 Å². The minimum absolute atomic E-state index is 0.0425. The molecule has 1 aliphatic rings. The van der Waals surface area contributed by atoms with E-state index < -0.39 is 32.5 Å². The van der Waals surface area contributed by atoms with Crippen molar-refractivity contribution in [2.45, 2.75) is 17.7 Å². The summed E-state index contributed by atoms with van der Waals surface area (Å²) in [6.07, 6.45) is 0.547. The molecule has 1 aromatic heterocycles. The predicted octanol–water partition coefficient (Wildman–Crippen LogP) is 4.77. The minimum Gasteiger partial charge on any atom is -0.302 e. The van der Waals surface area contributed by atoms with E-state index in [2.05, 4.69) is 10.3 Å². The third kappa shape index (κ3) is 4.09. The number of carbonyl (C=O) groups is 1. The highest BCUT2D eigenvalue weighted by molar-refractivity contribution is 7.89. The van der Waals surface area contributed by atoms with E-state index >= 15 is 0 Å². The molecule has 2 heterocycles. The fraction of sp³-hybridized carbons (Fsp3) is 0.217. The maximum absolute atomic E-state index is 14.0. The van der Waals surface area contributed by atoms with Crippen LogP contribution in [0.5, 0.6) is 0 Å². The number of rotatable bonds is 4. The molecule has 10 heteroatoms. The van der Waals surface area contributed by atoms with Crippen molar-refractivity contribution >= 4 is 53.4 Å². The molecule has 170 valence electrons. The van der Waals surface area contributed by atoms with Gasteiger partial charge in [-0.05, 0) is 42.5 Å². The summed E-state index contributed by atoms with van der Waals surface area (Å²) in [6.45, 7) is 0.0850. The van der Waals surface area contributed by atoms with Crippen LogP contribution in [-0.4, -0.2) is 36.7 Å². The maximum atomic E-state index is 14.0. The van der Waals surface area contributed by atoms with E-state index in [1.54, 1.807) is 0 Å². The first-order chi connectivity index (χ1) is 15.8. The highest BCUT2D eigenvalue weighted by atomic mass is 32.2. The molecule has 0 atom stereocenters. The number of thiazole rings is 1. The number of carbonyl (C=O) groups excluding carboxylic acids is 1. The van der Waals surface area contributed by atoms with Crippen molar-refractivity contribution in [1.29, 1.82) is 0 Å². The number of fused-ring (bicyclic) bond motifs is 3. The Kier molecular flexibility index (Phi) is 5.59. The zero-order chi connectivity index (χ0) is 23.2. The molecule has 0 bridgehead atoms. The molecular formula is C23H19F2N3O3S2. The Labute approximate surface area is 192 Å². The fourth-order valence-corrected chi connectivity index (χ4v) is 6.64. The average molecular weight is 488 g/mol. The molecule has 0 radical (unpaired) electrons. The second kappa shape index (κ2) is 8.44. The molecule has 1 N–H and O–H groups in total. The summed E-state index contributed by atoms with van der Waals surface area (Å²) < 4.78 is 55.1. The lowest BCUT2D eigenvalue weighted by molar-refractivity contribution is -0.120. The first kappa shape index (κ1) is 21.9. The lowest BCUT2D eigenvalue weighted by atomic mass is 9.97.